The Morgan fingerprint density at radius 2 is 1.56 bits per heavy atom. The minimum atomic E-state index is -4.51. The van der Waals surface area contributed by atoms with Gasteiger partial charge in [-0.2, -0.15) is 18.2 Å². The number of hydrogen-bond acceptors (Lipinski definition) is 3. The molecule has 196 valence electrons. The van der Waals surface area contributed by atoms with Gasteiger partial charge in [-0.25, -0.2) is 4.79 Å². The van der Waals surface area contributed by atoms with Crippen LogP contribution in [0.2, 0.25) is 0 Å². The number of alkyl halides is 3. The third-order valence-corrected chi connectivity index (χ3v) is 5.74. The van der Waals surface area contributed by atoms with Gasteiger partial charge in [-0.05, 0) is 35.7 Å². The van der Waals surface area contributed by atoms with Gasteiger partial charge in [0.1, 0.15) is 0 Å². The van der Waals surface area contributed by atoms with Crippen LogP contribution in [0.5, 0.6) is 0 Å². The summed E-state index contributed by atoms with van der Waals surface area (Å²) in [6.07, 6.45) is 6.43. The molecule has 1 N–H and O–H groups in total. The minimum absolute atomic E-state index is 0.0128. The van der Waals surface area contributed by atoms with Crippen molar-refractivity contribution in [1.29, 1.82) is 0 Å². The van der Waals surface area contributed by atoms with E-state index in [0.717, 1.165) is 30.0 Å². The maximum atomic E-state index is 13.4. The highest BCUT2D eigenvalue weighted by Crippen LogP contribution is 2.32. The van der Waals surface area contributed by atoms with Gasteiger partial charge in [-0.15, -0.1) is 0 Å². The zero-order valence-electron chi connectivity index (χ0n) is 20.9. The van der Waals surface area contributed by atoms with E-state index < -0.39 is 24.3 Å². The summed E-state index contributed by atoms with van der Waals surface area (Å²) in [6.45, 7) is 1.50. The minimum Gasteiger partial charge on any atom is -0.479 e. The van der Waals surface area contributed by atoms with E-state index in [4.69, 9.17) is 9.94 Å². The van der Waals surface area contributed by atoms with Crippen molar-refractivity contribution in [2.24, 2.45) is 0 Å². The Labute approximate surface area is 212 Å². The van der Waals surface area contributed by atoms with Crippen molar-refractivity contribution in [2.45, 2.75) is 84.0 Å². The molecule has 0 aliphatic heterocycles. The molecule has 0 saturated carbocycles. The van der Waals surface area contributed by atoms with Gasteiger partial charge in [0.25, 0.3) is 0 Å². The van der Waals surface area contributed by atoms with E-state index in [0.29, 0.717) is 0 Å². The normalized spacial score (nSPS) is 11.4. The SMILES string of the molecule is CCCCCCCCCCC#Cc1ccc(CN(Cc2ccccc2C(F)(F)F)OCC(=O)O)cc1. The summed E-state index contributed by atoms with van der Waals surface area (Å²) in [5.74, 6) is 5.15. The van der Waals surface area contributed by atoms with Gasteiger partial charge < -0.3 is 5.11 Å². The fraction of sp³-hybridized carbons (Fsp3) is 0.483. The van der Waals surface area contributed by atoms with Crippen molar-refractivity contribution in [1.82, 2.24) is 5.06 Å². The van der Waals surface area contributed by atoms with Crippen LogP contribution in [-0.4, -0.2) is 22.7 Å². The average Bonchev–Trinajstić information content (AvgIpc) is 2.84. The number of benzene rings is 2. The molecular weight excluding hydrogens is 467 g/mol. The van der Waals surface area contributed by atoms with Crippen LogP contribution in [0, 0.1) is 11.8 Å². The first kappa shape index (κ1) is 29.4. The molecule has 36 heavy (non-hydrogen) atoms. The third kappa shape index (κ3) is 11.7. The first-order valence-corrected chi connectivity index (χ1v) is 12.6. The summed E-state index contributed by atoms with van der Waals surface area (Å²) in [5, 5.41) is 10.2. The molecule has 4 nitrogen and oxygen atoms in total. The van der Waals surface area contributed by atoms with Gasteiger partial charge >= 0.3 is 12.1 Å². The smallest absolute Gasteiger partial charge is 0.416 e. The lowest BCUT2D eigenvalue weighted by atomic mass is 10.1. The third-order valence-electron chi connectivity index (χ3n) is 5.74. The van der Waals surface area contributed by atoms with Crippen molar-refractivity contribution in [3.05, 3.63) is 70.8 Å². The second-order valence-electron chi connectivity index (χ2n) is 8.84. The van der Waals surface area contributed by atoms with E-state index in [1.807, 2.05) is 24.3 Å². The van der Waals surface area contributed by atoms with Crippen LogP contribution >= 0.6 is 0 Å². The highest BCUT2D eigenvalue weighted by molar-refractivity contribution is 5.67. The van der Waals surface area contributed by atoms with E-state index in [1.54, 1.807) is 0 Å². The molecule has 0 saturated heterocycles. The Morgan fingerprint density at radius 3 is 2.19 bits per heavy atom. The molecule has 7 heteroatoms. The molecule has 0 amide bonds. The number of halogens is 3. The van der Waals surface area contributed by atoms with Crippen LogP contribution in [0.1, 0.15) is 87.0 Å². The van der Waals surface area contributed by atoms with Gasteiger partial charge in [0.05, 0.1) is 12.1 Å². The second kappa shape index (κ2) is 16.0. The van der Waals surface area contributed by atoms with E-state index in [9.17, 15) is 18.0 Å². The van der Waals surface area contributed by atoms with Gasteiger partial charge in [0.15, 0.2) is 6.61 Å². The molecule has 0 aromatic heterocycles. The predicted molar refractivity (Wildman–Crippen MR) is 135 cm³/mol. The Kier molecular flexibility index (Phi) is 13.1. The van der Waals surface area contributed by atoms with Crippen molar-refractivity contribution in [3.63, 3.8) is 0 Å². The molecule has 0 spiro atoms. The van der Waals surface area contributed by atoms with Crippen LogP contribution < -0.4 is 0 Å². The molecule has 2 rings (SSSR count). The van der Waals surface area contributed by atoms with Gasteiger partial charge in [-0.3, -0.25) is 4.84 Å². The molecule has 0 radical (unpaired) electrons. The number of hydrogen-bond donors (Lipinski definition) is 1. The van der Waals surface area contributed by atoms with E-state index in [1.165, 1.54) is 68.2 Å². The quantitative estimate of drug-likeness (QED) is 0.154. The highest BCUT2D eigenvalue weighted by Gasteiger charge is 2.33. The number of carboxylic acid groups (broad SMARTS) is 1. The molecule has 0 fully saturated rings. The standard InChI is InChI=1S/C29H36F3NO3/c1-2-3-4-5-6-7-8-9-10-11-14-24-17-19-25(20-18-24)21-33(36-23-28(34)35)22-26-15-12-13-16-27(26)29(30,31)32/h12-13,15-20H,2-10,21-23H2,1H3,(H,34,35). The molecule has 0 aliphatic rings. The lowest BCUT2D eigenvalue weighted by Gasteiger charge is -2.23. The van der Waals surface area contributed by atoms with Crippen LogP contribution in [0.3, 0.4) is 0 Å². The summed E-state index contributed by atoms with van der Waals surface area (Å²) in [7, 11) is 0. The number of aliphatic carboxylic acids is 1. The predicted octanol–water partition coefficient (Wildman–Crippen LogP) is 7.61. The van der Waals surface area contributed by atoms with Gasteiger partial charge in [0.2, 0.25) is 0 Å². The van der Waals surface area contributed by atoms with E-state index in [-0.39, 0.29) is 18.7 Å². The highest BCUT2D eigenvalue weighted by atomic mass is 19.4. The Balaban J connectivity index is 1.90. The maximum Gasteiger partial charge on any atom is 0.416 e. The summed E-state index contributed by atoms with van der Waals surface area (Å²) >= 11 is 0. The molecular formula is C29H36F3NO3. The van der Waals surface area contributed by atoms with Crippen molar-refractivity contribution >= 4 is 5.97 Å². The van der Waals surface area contributed by atoms with Crippen LogP contribution in [0.25, 0.3) is 0 Å². The van der Waals surface area contributed by atoms with Crippen LogP contribution in [0.4, 0.5) is 13.2 Å². The topological polar surface area (TPSA) is 49.8 Å². The largest absolute Gasteiger partial charge is 0.479 e. The molecule has 2 aromatic carbocycles. The first-order valence-electron chi connectivity index (χ1n) is 12.6. The number of unbranched alkanes of at least 4 members (excludes halogenated alkanes) is 8. The lowest BCUT2D eigenvalue weighted by Crippen LogP contribution is -2.27. The van der Waals surface area contributed by atoms with Crippen LogP contribution in [0.15, 0.2) is 48.5 Å². The summed E-state index contributed by atoms with van der Waals surface area (Å²) in [6, 6.07) is 12.6. The fourth-order valence-corrected chi connectivity index (χ4v) is 3.83. The average molecular weight is 504 g/mol. The first-order chi connectivity index (χ1) is 17.3. The van der Waals surface area contributed by atoms with Gasteiger partial charge in [0, 0.05) is 18.5 Å². The Hall–Kier alpha value is -2.82. The van der Waals surface area contributed by atoms with Crippen molar-refractivity contribution in [3.8, 4) is 11.8 Å². The van der Waals surface area contributed by atoms with Crippen molar-refractivity contribution in [2.75, 3.05) is 6.61 Å². The molecule has 0 unspecified atom stereocenters. The zero-order chi connectivity index (χ0) is 26.2. The van der Waals surface area contributed by atoms with E-state index in [2.05, 4.69) is 18.8 Å². The summed E-state index contributed by atoms with van der Waals surface area (Å²) in [5.41, 5.74) is 0.882. The maximum absolute atomic E-state index is 13.4. The summed E-state index contributed by atoms with van der Waals surface area (Å²) in [4.78, 5) is 16.3. The molecule has 2 aromatic rings. The van der Waals surface area contributed by atoms with Gasteiger partial charge in [-0.1, -0.05) is 94.0 Å². The molecule has 0 aliphatic carbocycles. The molecule has 0 atom stereocenters. The number of hydroxylamine groups is 2. The number of rotatable bonds is 15. The van der Waals surface area contributed by atoms with E-state index >= 15 is 0 Å². The monoisotopic (exact) mass is 503 g/mol. The number of carboxylic acids is 1. The number of nitrogens with zero attached hydrogens (tertiary/aromatic N) is 1. The lowest BCUT2D eigenvalue weighted by molar-refractivity contribution is -0.191. The molecule has 0 bridgehead atoms. The number of carbonyl (C=O) groups is 1. The molecule has 0 heterocycles. The second-order valence-corrected chi connectivity index (χ2v) is 8.84. The summed E-state index contributed by atoms with van der Waals surface area (Å²) < 4.78 is 40.1. The van der Waals surface area contributed by atoms with Crippen molar-refractivity contribution < 1.29 is 27.9 Å². The zero-order valence-corrected chi connectivity index (χ0v) is 20.9. The fourth-order valence-electron chi connectivity index (χ4n) is 3.83. The Bertz CT molecular complexity index is 978. The Morgan fingerprint density at radius 1 is 0.917 bits per heavy atom. The van der Waals surface area contributed by atoms with Crippen LogP contribution in [-0.2, 0) is 28.9 Å².